The first-order chi connectivity index (χ1) is 9.27. The number of carbonyl (C=O) groups excluding carboxylic acids is 1. The number of benzene rings is 1. The molecule has 2 aromatic rings. The summed E-state index contributed by atoms with van der Waals surface area (Å²) in [5.74, 6) is -0.202. The van der Waals surface area contributed by atoms with Crippen molar-refractivity contribution in [1.29, 1.82) is 0 Å². The van der Waals surface area contributed by atoms with E-state index in [4.69, 9.17) is 23.2 Å². The maximum Gasteiger partial charge on any atom is 0.265 e. The van der Waals surface area contributed by atoms with Crippen LogP contribution in [0.5, 0.6) is 0 Å². The lowest BCUT2D eigenvalue weighted by Crippen LogP contribution is -2.47. The van der Waals surface area contributed by atoms with Gasteiger partial charge in [-0.15, -0.1) is 11.3 Å². The van der Waals surface area contributed by atoms with Crippen molar-refractivity contribution < 1.29 is 9.90 Å². The van der Waals surface area contributed by atoms with Crippen molar-refractivity contribution in [3.63, 3.8) is 0 Å². The van der Waals surface area contributed by atoms with Gasteiger partial charge in [0.05, 0.1) is 17.2 Å². The van der Waals surface area contributed by atoms with E-state index in [1.165, 1.54) is 16.2 Å². The van der Waals surface area contributed by atoms with Gasteiger partial charge in [0.15, 0.2) is 0 Å². The Morgan fingerprint density at radius 2 is 2.05 bits per heavy atom. The molecule has 0 fully saturated rings. The van der Waals surface area contributed by atoms with Crippen LogP contribution in [0.15, 0.2) is 18.2 Å². The molecule has 1 amide bonds. The number of rotatable bonds is 3. The van der Waals surface area contributed by atoms with Gasteiger partial charge in [-0.25, -0.2) is 0 Å². The highest BCUT2D eigenvalue weighted by Crippen LogP contribution is 2.37. The van der Waals surface area contributed by atoms with Crippen LogP contribution in [0.25, 0.3) is 10.1 Å². The Labute approximate surface area is 131 Å². The fraction of sp³-hybridized carbons (Fsp3) is 0.357. The number of carbonyl (C=O) groups is 1. The molecule has 1 aromatic carbocycles. The first kappa shape index (κ1) is 15.6. The molecule has 0 aliphatic heterocycles. The van der Waals surface area contributed by atoms with Crippen LogP contribution in [0.3, 0.4) is 0 Å². The van der Waals surface area contributed by atoms with E-state index in [1.807, 2.05) is 6.07 Å². The van der Waals surface area contributed by atoms with Crippen LogP contribution in [0, 0.1) is 0 Å². The molecule has 0 radical (unpaired) electrons. The van der Waals surface area contributed by atoms with E-state index < -0.39 is 5.54 Å². The second-order valence-corrected chi connectivity index (χ2v) is 7.09. The number of hydrogen-bond donors (Lipinski definition) is 1. The third kappa shape index (κ3) is 2.66. The van der Waals surface area contributed by atoms with Crippen molar-refractivity contribution in [2.24, 2.45) is 0 Å². The SMILES string of the molecule is CN(C(=O)c1sc2cc(Cl)ccc2c1Cl)C(C)(C)CO. The van der Waals surface area contributed by atoms with Crippen LogP contribution in [0.1, 0.15) is 23.5 Å². The van der Waals surface area contributed by atoms with E-state index in [0.29, 0.717) is 14.9 Å². The highest BCUT2D eigenvalue weighted by Gasteiger charge is 2.30. The maximum absolute atomic E-state index is 12.5. The minimum Gasteiger partial charge on any atom is -0.394 e. The molecule has 0 aliphatic carbocycles. The maximum atomic E-state index is 12.5. The van der Waals surface area contributed by atoms with Crippen LogP contribution in [0.2, 0.25) is 10.0 Å². The second kappa shape index (κ2) is 5.53. The number of nitrogens with zero attached hydrogens (tertiary/aromatic N) is 1. The van der Waals surface area contributed by atoms with E-state index in [9.17, 15) is 9.90 Å². The Bertz CT molecular complexity index is 666. The Hall–Kier alpha value is -0.810. The predicted octanol–water partition coefficient (Wildman–Crippen LogP) is 4.05. The molecule has 2 rings (SSSR count). The molecule has 6 heteroatoms. The first-order valence-corrected chi connectivity index (χ1v) is 7.62. The first-order valence-electron chi connectivity index (χ1n) is 6.04. The summed E-state index contributed by atoms with van der Waals surface area (Å²) in [5.41, 5.74) is -0.645. The van der Waals surface area contributed by atoms with Gasteiger partial charge in [-0.1, -0.05) is 29.3 Å². The number of likely N-dealkylation sites (N-methyl/N-ethyl adjacent to an activating group) is 1. The van der Waals surface area contributed by atoms with Crippen molar-refractivity contribution in [2.45, 2.75) is 19.4 Å². The molecule has 1 heterocycles. The van der Waals surface area contributed by atoms with E-state index in [-0.39, 0.29) is 12.5 Å². The number of aliphatic hydroxyl groups is 1. The van der Waals surface area contributed by atoms with Crippen molar-refractivity contribution in [3.8, 4) is 0 Å². The average molecular weight is 332 g/mol. The van der Waals surface area contributed by atoms with Gasteiger partial charge in [0.2, 0.25) is 0 Å². The van der Waals surface area contributed by atoms with Crippen LogP contribution in [-0.2, 0) is 0 Å². The molecule has 0 aliphatic rings. The Kier molecular flexibility index (Phi) is 4.30. The predicted molar refractivity (Wildman–Crippen MR) is 85.1 cm³/mol. The third-order valence-corrected chi connectivity index (χ3v) is 5.27. The van der Waals surface area contributed by atoms with E-state index in [2.05, 4.69) is 0 Å². The minimum absolute atomic E-state index is 0.121. The Morgan fingerprint density at radius 1 is 1.40 bits per heavy atom. The summed E-state index contributed by atoms with van der Waals surface area (Å²) >= 11 is 13.6. The fourth-order valence-corrected chi connectivity index (χ4v) is 3.47. The Balaban J connectivity index is 2.48. The minimum atomic E-state index is -0.645. The third-order valence-electron chi connectivity index (χ3n) is 3.39. The summed E-state index contributed by atoms with van der Waals surface area (Å²) < 4.78 is 0.876. The van der Waals surface area contributed by atoms with Crippen LogP contribution >= 0.6 is 34.5 Å². The number of halogens is 2. The number of thiophene rings is 1. The van der Waals surface area contributed by atoms with E-state index in [0.717, 1.165) is 10.1 Å². The van der Waals surface area contributed by atoms with Crippen molar-refractivity contribution in [2.75, 3.05) is 13.7 Å². The highest BCUT2D eigenvalue weighted by atomic mass is 35.5. The standard InChI is InChI=1S/C14H15Cl2NO2S/c1-14(2,7-18)17(3)13(19)12-11(16)9-5-4-8(15)6-10(9)20-12/h4-6,18H,7H2,1-3H3. The van der Waals surface area contributed by atoms with Gasteiger partial charge in [-0.3, -0.25) is 4.79 Å². The normalized spacial score (nSPS) is 11.9. The summed E-state index contributed by atoms with van der Waals surface area (Å²) in [6.07, 6.45) is 0. The molecular formula is C14H15Cl2NO2S. The fourth-order valence-electron chi connectivity index (χ4n) is 1.71. The Morgan fingerprint density at radius 3 is 2.65 bits per heavy atom. The zero-order valence-corrected chi connectivity index (χ0v) is 13.7. The zero-order valence-electron chi connectivity index (χ0n) is 11.4. The molecule has 0 saturated heterocycles. The van der Waals surface area contributed by atoms with Gasteiger partial charge >= 0.3 is 0 Å². The zero-order chi connectivity index (χ0) is 15.1. The second-order valence-electron chi connectivity index (χ2n) is 5.22. The molecule has 1 N–H and O–H groups in total. The van der Waals surface area contributed by atoms with Crippen LogP contribution < -0.4 is 0 Å². The lowest BCUT2D eigenvalue weighted by Gasteiger charge is -2.33. The number of fused-ring (bicyclic) bond motifs is 1. The lowest BCUT2D eigenvalue weighted by molar-refractivity contribution is 0.0478. The summed E-state index contributed by atoms with van der Waals surface area (Å²) in [6.45, 7) is 3.47. The highest BCUT2D eigenvalue weighted by molar-refractivity contribution is 7.21. The van der Waals surface area contributed by atoms with Crippen molar-refractivity contribution >= 4 is 50.5 Å². The molecule has 20 heavy (non-hydrogen) atoms. The summed E-state index contributed by atoms with van der Waals surface area (Å²) in [5, 5.41) is 11.2. The van der Waals surface area contributed by atoms with E-state index >= 15 is 0 Å². The smallest absolute Gasteiger partial charge is 0.265 e. The molecule has 0 unspecified atom stereocenters. The lowest BCUT2D eigenvalue weighted by atomic mass is 10.1. The average Bonchev–Trinajstić information content (AvgIpc) is 2.73. The quantitative estimate of drug-likeness (QED) is 0.921. The van der Waals surface area contributed by atoms with Crippen LogP contribution in [-0.4, -0.2) is 35.1 Å². The number of hydrogen-bond acceptors (Lipinski definition) is 3. The number of aliphatic hydroxyl groups excluding tert-OH is 1. The molecule has 0 spiro atoms. The van der Waals surface area contributed by atoms with Gasteiger partial charge < -0.3 is 10.0 Å². The van der Waals surface area contributed by atoms with Gasteiger partial charge in [-0.2, -0.15) is 0 Å². The van der Waals surface area contributed by atoms with Crippen molar-refractivity contribution in [3.05, 3.63) is 33.1 Å². The van der Waals surface area contributed by atoms with Gasteiger partial charge in [0.1, 0.15) is 4.88 Å². The summed E-state index contributed by atoms with van der Waals surface area (Å²) in [6, 6.07) is 5.35. The molecular weight excluding hydrogens is 317 g/mol. The molecule has 3 nitrogen and oxygen atoms in total. The topological polar surface area (TPSA) is 40.5 Å². The molecule has 0 saturated carbocycles. The van der Waals surface area contributed by atoms with Crippen molar-refractivity contribution in [1.82, 2.24) is 4.90 Å². The molecule has 108 valence electrons. The number of amides is 1. The monoisotopic (exact) mass is 331 g/mol. The molecule has 0 bridgehead atoms. The molecule has 1 aromatic heterocycles. The van der Waals surface area contributed by atoms with Gasteiger partial charge in [0.25, 0.3) is 5.91 Å². The summed E-state index contributed by atoms with van der Waals surface area (Å²) in [4.78, 5) is 14.5. The van der Waals surface area contributed by atoms with Crippen LogP contribution in [0.4, 0.5) is 0 Å². The van der Waals surface area contributed by atoms with E-state index in [1.54, 1.807) is 33.0 Å². The summed E-state index contributed by atoms with van der Waals surface area (Å²) in [7, 11) is 1.66. The van der Waals surface area contributed by atoms with Gasteiger partial charge in [-0.05, 0) is 26.0 Å². The molecule has 0 atom stereocenters. The largest absolute Gasteiger partial charge is 0.394 e. The van der Waals surface area contributed by atoms with Gasteiger partial charge in [0, 0.05) is 22.2 Å².